The lowest BCUT2D eigenvalue weighted by Gasteiger charge is -2.12. The lowest BCUT2D eigenvalue weighted by molar-refractivity contribution is -0.384. The van der Waals surface area contributed by atoms with Crippen molar-refractivity contribution in [3.63, 3.8) is 0 Å². The lowest BCUT2D eigenvalue weighted by Crippen LogP contribution is -2.17. The number of carbonyl (C=O) groups is 1. The normalized spacial score (nSPS) is 10.4. The second-order valence-corrected chi connectivity index (χ2v) is 5.73. The molecule has 8 heteroatoms. The molecule has 0 radical (unpaired) electrons. The highest BCUT2D eigenvalue weighted by Gasteiger charge is 2.17. The van der Waals surface area contributed by atoms with Crippen molar-refractivity contribution in [2.24, 2.45) is 0 Å². The molecule has 2 aromatic rings. The van der Waals surface area contributed by atoms with Gasteiger partial charge in [-0.05, 0) is 30.7 Å². The SMILES string of the molecule is COCCNc1ccc([N+](=O)[O-])cc1C(=O)Nc1ccc(C)c(Cl)c1. The summed E-state index contributed by atoms with van der Waals surface area (Å²) in [7, 11) is 1.56. The van der Waals surface area contributed by atoms with E-state index in [0.29, 0.717) is 29.5 Å². The molecule has 0 aliphatic carbocycles. The first-order chi connectivity index (χ1) is 11.9. The van der Waals surface area contributed by atoms with Gasteiger partial charge in [-0.2, -0.15) is 0 Å². The van der Waals surface area contributed by atoms with E-state index in [-0.39, 0.29) is 11.3 Å². The molecule has 0 aliphatic rings. The minimum absolute atomic E-state index is 0.163. The largest absolute Gasteiger partial charge is 0.383 e. The molecule has 0 saturated carbocycles. The number of carbonyl (C=O) groups excluding carboxylic acids is 1. The van der Waals surface area contributed by atoms with Crippen LogP contribution in [0.1, 0.15) is 15.9 Å². The van der Waals surface area contributed by atoms with Crippen LogP contribution in [0.3, 0.4) is 0 Å². The van der Waals surface area contributed by atoms with Crippen molar-refractivity contribution in [2.75, 3.05) is 30.9 Å². The molecular formula is C17H18ClN3O4. The van der Waals surface area contributed by atoms with E-state index in [1.165, 1.54) is 18.2 Å². The number of nitrogens with one attached hydrogen (secondary N) is 2. The standard InChI is InChI=1S/C17H18ClN3O4/c1-11-3-4-12(9-15(11)18)20-17(22)14-10-13(21(23)24)5-6-16(14)19-7-8-25-2/h3-6,9-10,19H,7-8H2,1-2H3,(H,20,22). The summed E-state index contributed by atoms with van der Waals surface area (Å²) in [6.07, 6.45) is 0. The zero-order valence-electron chi connectivity index (χ0n) is 13.8. The topological polar surface area (TPSA) is 93.5 Å². The number of halogens is 1. The minimum atomic E-state index is -0.543. The Morgan fingerprint density at radius 3 is 2.68 bits per heavy atom. The van der Waals surface area contributed by atoms with Gasteiger partial charge in [-0.15, -0.1) is 0 Å². The van der Waals surface area contributed by atoms with Gasteiger partial charge in [0.1, 0.15) is 0 Å². The Labute approximate surface area is 150 Å². The van der Waals surface area contributed by atoms with Crippen LogP contribution < -0.4 is 10.6 Å². The number of anilines is 2. The van der Waals surface area contributed by atoms with Gasteiger partial charge in [0.15, 0.2) is 0 Å². The van der Waals surface area contributed by atoms with E-state index in [9.17, 15) is 14.9 Å². The van der Waals surface area contributed by atoms with Crippen molar-refractivity contribution >= 4 is 34.6 Å². The molecule has 25 heavy (non-hydrogen) atoms. The molecule has 0 bridgehead atoms. The molecule has 0 saturated heterocycles. The average molecular weight is 364 g/mol. The molecule has 0 aromatic heterocycles. The summed E-state index contributed by atoms with van der Waals surface area (Å²) in [4.78, 5) is 23.1. The molecule has 0 heterocycles. The van der Waals surface area contributed by atoms with Crippen LogP contribution in [0.15, 0.2) is 36.4 Å². The summed E-state index contributed by atoms with van der Waals surface area (Å²) < 4.78 is 4.96. The number of nitrogens with zero attached hydrogens (tertiary/aromatic N) is 1. The highest BCUT2D eigenvalue weighted by Crippen LogP contribution is 2.25. The first-order valence-electron chi connectivity index (χ1n) is 7.51. The van der Waals surface area contributed by atoms with E-state index in [1.807, 2.05) is 6.92 Å². The van der Waals surface area contributed by atoms with Gasteiger partial charge >= 0.3 is 0 Å². The minimum Gasteiger partial charge on any atom is -0.383 e. The third kappa shape index (κ3) is 4.91. The molecule has 2 rings (SSSR count). The van der Waals surface area contributed by atoms with E-state index in [0.717, 1.165) is 5.56 Å². The molecule has 0 aliphatic heterocycles. The summed E-state index contributed by atoms with van der Waals surface area (Å²) >= 11 is 6.06. The maximum atomic E-state index is 12.6. The van der Waals surface area contributed by atoms with Gasteiger partial charge in [-0.3, -0.25) is 14.9 Å². The van der Waals surface area contributed by atoms with Crippen molar-refractivity contribution < 1.29 is 14.5 Å². The number of aryl methyl sites for hydroxylation is 1. The molecule has 0 atom stereocenters. The number of non-ortho nitro benzene ring substituents is 1. The fourth-order valence-electron chi connectivity index (χ4n) is 2.14. The van der Waals surface area contributed by atoms with Gasteiger partial charge in [0.05, 0.1) is 17.1 Å². The molecule has 1 amide bonds. The zero-order chi connectivity index (χ0) is 18.4. The molecule has 0 spiro atoms. The Hall–Kier alpha value is -2.64. The third-order valence-corrected chi connectivity index (χ3v) is 3.92. The van der Waals surface area contributed by atoms with E-state index in [2.05, 4.69) is 10.6 Å². The smallest absolute Gasteiger partial charge is 0.270 e. The van der Waals surface area contributed by atoms with Crippen LogP contribution in [0.2, 0.25) is 5.02 Å². The molecule has 7 nitrogen and oxygen atoms in total. The number of ether oxygens (including phenoxy) is 1. The Morgan fingerprint density at radius 1 is 1.28 bits per heavy atom. The summed E-state index contributed by atoms with van der Waals surface area (Å²) in [5.41, 5.74) is 1.89. The summed E-state index contributed by atoms with van der Waals surface area (Å²) in [6, 6.07) is 9.21. The van der Waals surface area contributed by atoms with Gasteiger partial charge in [0.25, 0.3) is 11.6 Å². The van der Waals surface area contributed by atoms with Crippen molar-refractivity contribution in [2.45, 2.75) is 6.92 Å². The number of rotatable bonds is 7. The number of nitro groups is 1. The van der Waals surface area contributed by atoms with Crippen LogP contribution in [-0.2, 0) is 4.74 Å². The second-order valence-electron chi connectivity index (χ2n) is 5.32. The molecule has 132 valence electrons. The van der Waals surface area contributed by atoms with Crippen molar-refractivity contribution in [3.05, 3.63) is 62.7 Å². The van der Waals surface area contributed by atoms with Crippen LogP contribution in [0, 0.1) is 17.0 Å². The Morgan fingerprint density at radius 2 is 2.04 bits per heavy atom. The Bertz CT molecular complexity index is 795. The summed E-state index contributed by atoms with van der Waals surface area (Å²) in [5, 5.41) is 17.3. The van der Waals surface area contributed by atoms with Gasteiger partial charge in [0.2, 0.25) is 0 Å². The third-order valence-electron chi connectivity index (χ3n) is 3.51. The monoisotopic (exact) mass is 363 g/mol. The van der Waals surface area contributed by atoms with Gasteiger partial charge in [-0.25, -0.2) is 0 Å². The van der Waals surface area contributed by atoms with Crippen LogP contribution in [0.5, 0.6) is 0 Å². The Balaban J connectivity index is 2.29. The Kier molecular flexibility index (Phi) is 6.32. The second kappa shape index (κ2) is 8.46. The summed E-state index contributed by atoms with van der Waals surface area (Å²) in [5.74, 6) is -0.469. The van der Waals surface area contributed by atoms with Gasteiger partial charge < -0.3 is 15.4 Å². The van der Waals surface area contributed by atoms with Gasteiger partial charge in [-0.1, -0.05) is 17.7 Å². The summed E-state index contributed by atoms with van der Waals surface area (Å²) in [6.45, 7) is 2.75. The van der Waals surface area contributed by atoms with E-state index >= 15 is 0 Å². The van der Waals surface area contributed by atoms with Gasteiger partial charge in [0, 0.05) is 42.2 Å². The fourth-order valence-corrected chi connectivity index (χ4v) is 2.33. The molecule has 2 aromatic carbocycles. The van der Waals surface area contributed by atoms with Crippen molar-refractivity contribution in [1.82, 2.24) is 0 Å². The maximum absolute atomic E-state index is 12.6. The van der Waals surface area contributed by atoms with Crippen molar-refractivity contribution in [1.29, 1.82) is 0 Å². The maximum Gasteiger partial charge on any atom is 0.270 e. The predicted molar refractivity (Wildman–Crippen MR) is 97.6 cm³/mol. The molecule has 2 N–H and O–H groups in total. The first kappa shape index (κ1) is 18.7. The zero-order valence-corrected chi connectivity index (χ0v) is 14.6. The number of methoxy groups -OCH3 is 1. The number of hydrogen-bond acceptors (Lipinski definition) is 5. The average Bonchev–Trinajstić information content (AvgIpc) is 2.58. The number of hydrogen-bond donors (Lipinski definition) is 2. The molecule has 0 unspecified atom stereocenters. The first-order valence-corrected chi connectivity index (χ1v) is 7.89. The molecule has 0 fully saturated rings. The number of benzene rings is 2. The van der Waals surface area contributed by atoms with Crippen LogP contribution >= 0.6 is 11.6 Å². The highest BCUT2D eigenvalue weighted by molar-refractivity contribution is 6.31. The van der Waals surface area contributed by atoms with Crippen LogP contribution in [-0.4, -0.2) is 31.1 Å². The lowest BCUT2D eigenvalue weighted by atomic mass is 10.1. The quantitative estimate of drug-likeness (QED) is 0.442. The van der Waals surface area contributed by atoms with Crippen LogP contribution in [0.25, 0.3) is 0 Å². The fraction of sp³-hybridized carbons (Fsp3) is 0.235. The van der Waals surface area contributed by atoms with Crippen LogP contribution in [0.4, 0.5) is 17.1 Å². The van der Waals surface area contributed by atoms with E-state index < -0.39 is 10.8 Å². The number of nitro benzene ring substituents is 1. The number of amides is 1. The predicted octanol–water partition coefficient (Wildman–Crippen LogP) is 3.87. The highest BCUT2D eigenvalue weighted by atomic mass is 35.5. The van der Waals surface area contributed by atoms with Crippen molar-refractivity contribution in [3.8, 4) is 0 Å². The molecular weight excluding hydrogens is 346 g/mol. The van der Waals surface area contributed by atoms with E-state index in [4.69, 9.17) is 16.3 Å². The van der Waals surface area contributed by atoms with E-state index in [1.54, 1.807) is 25.3 Å².